The van der Waals surface area contributed by atoms with Crippen LogP contribution in [0.4, 0.5) is 0 Å². The first kappa shape index (κ1) is 16.7. The van der Waals surface area contributed by atoms with Crippen LogP contribution in [0.15, 0.2) is 28.7 Å². The number of esters is 1. The molecule has 23 heavy (non-hydrogen) atoms. The van der Waals surface area contributed by atoms with Gasteiger partial charge in [0.15, 0.2) is 5.58 Å². The minimum Gasteiger partial charge on any atom is -0.459 e. The highest BCUT2D eigenvalue weighted by molar-refractivity contribution is 7.21. The maximum absolute atomic E-state index is 12.0. The molecule has 0 saturated carbocycles. The molecule has 2 aromatic heterocycles. The Kier molecular flexibility index (Phi) is 4.61. The van der Waals surface area contributed by atoms with E-state index in [1.54, 1.807) is 38.1 Å². The van der Waals surface area contributed by atoms with E-state index in [0.29, 0.717) is 31.8 Å². The van der Waals surface area contributed by atoms with Gasteiger partial charge in [-0.2, -0.15) is 0 Å². The van der Waals surface area contributed by atoms with Gasteiger partial charge in [0.1, 0.15) is 15.7 Å². The number of rotatable bonds is 3. The van der Waals surface area contributed by atoms with Gasteiger partial charge < -0.3 is 9.15 Å². The van der Waals surface area contributed by atoms with Gasteiger partial charge in [-0.05, 0) is 32.0 Å². The van der Waals surface area contributed by atoms with Crippen molar-refractivity contribution in [1.29, 1.82) is 0 Å². The first-order valence-electron chi connectivity index (χ1n) is 6.75. The van der Waals surface area contributed by atoms with Gasteiger partial charge in [-0.15, -0.1) is 11.3 Å². The van der Waals surface area contributed by atoms with Crippen molar-refractivity contribution < 1.29 is 13.9 Å². The molecule has 0 fully saturated rings. The highest BCUT2D eigenvalue weighted by atomic mass is 35.5. The molecule has 3 rings (SSSR count). The summed E-state index contributed by atoms with van der Waals surface area (Å²) in [7, 11) is 0. The summed E-state index contributed by atoms with van der Waals surface area (Å²) in [5, 5.41) is 1.28. The summed E-state index contributed by atoms with van der Waals surface area (Å²) >= 11 is 19.6. The van der Waals surface area contributed by atoms with Gasteiger partial charge in [0.2, 0.25) is 0 Å². The monoisotopic (exact) mass is 388 g/mol. The van der Waals surface area contributed by atoms with Crippen LogP contribution >= 0.6 is 46.1 Å². The topological polar surface area (TPSA) is 39.4 Å². The maximum atomic E-state index is 12.0. The van der Waals surface area contributed by atoms with Crippen molar-refractivity contribution in [2.45, 2.75) is 20.0 Å². The lowest BCUT2D eigenvalue weighted by Gasteiger charge is -2.06. The predicted octanol–water partition coefficient (Wildman–Crippen LogP) is 6.69. The van der Waals surface area contributed by atoms with Crippen molar-refractivity contribution in [3.05, 3.63) is 44.2 Å². The van der Waals surface area contributed by atoms with Crippen molar-refractivity contribution >= 4 is 62.4 Å². The second-order valence-electron chi connectivity index (χ2n) is 5.13. The van der Waals surface area contributed by atoms with Crippen LogP contribution in [-0.2, 0) is 4.74 Å². The number of ether oxygens (including phenoxy) is 1. The minimum absolute atomic E-state index is 0.213. The number of carbonyl (C=O) groups is 1. The number of furan rings is 1. The van der Waals surface area contributed by atoms with E-state index in [2.05, 4.69) is 0 Å². The van der Waals surface area contributed by atoms with Crippen LogP contribution in [0.1, 0.15) is 23.5 Å². The Balaban J connectivity index is 2.03. The molecule has 0 saturated heterocycles. The lowest BCUT2D eigenvalue weighted by atomic mass is 10.2. The summed E-state index contributed by atoms with van der Waals surface area (Å²) in [4.78, 5) is 12.4. The molecule has 0 aliphatic carbocycles. The highest BCUT2D eigenvalue weighted by Crippen LogP contribution is 2.42. The van der Waals surface area contributed by atoms with E-state index in [4.69, 9.17) is 44.0 Å². The molecule has 120 valence electrons. The third-order valence-corrected chi connectivity index (χ3v) is 5.15. The molecule has 0 N–H and O–H groups in total. The molecule has 3 nitrogen and oxygen atoms in total. The van der Waals surface area contributed by atoms with Crippen molar-refractivity contribution in [1.82, 2.24) is 0 Å². The van der Waals surface area contributed by atoms with E-state index in [9.17, 15) is 4.79 Å². The van der Waals surface area contributed by atoms with E-state index >= 15 is 0 Å². The zero-order chi connectivity index (χ0) is 16.7. The predicted molar refractivity (Wildman–Crippen MR) is 95.1 cm³/mol. The van der Waals surface area contributed by atoms with Gasteiger partial charge in [-0.25, -0.2) is 4.79 Å². The minimum atomic E-state index is -0.451. The average Bonchev–Trinajstić information content (AvgIpc) is 2.98. The number of thiophene rings is 1. The largest absolute Gasteiger partial charge is 0.459 e. The van der Waals surface area contributed by atoms with E-state index in [1.807, 2.05) is 0 Å². The van der Waals surface area contributed by atoms with Gasteiger partial charge in [-0.1, -0.05) is 34.8 Å². The standard InChI is InChI=1S/C16H11Cl3O3S/c1-7(2)21-16(20)15-13(19)14-12(23-15)6-11(22-14)9-4-3-8(17)5-10(9)18/h3-7H,1-2H3. The first-order valence-corrected chi connectivity index (χ1v) is 8.70. The molecule has 0 bridgehead atoms. The van der Waals surface area contributed by atoms with Crippen LogP contribution in [-0.4, -0.2) is 12.1 Å². The molecule has 1 aromatic carbocycles. The molecule has 3 aromatic rings. The lowest BCUT2D eigenvalue weighted by Crippen LogP contribution is -2.10. The Labute approximate surface area is 151 Å². The first-order chi connectivity index (χ1) is 10.9. The van der Waals surface area contributed by atoms with E-state index < -0.39 is 5.97 Å². The number of benzene rings is 1. The van der Waals surface area contributed by atoms with Gasteiger partial charge in [0.05, 0.1) is 15.8 Å². The summed E-state index contributed by atoms with van der Waals surface area (Å²) in [6.45, 7) is 3.56. The number of fused-ring (bicyclic) bond motifs is 1. The quantitative estimate of drug-likeness (QED) is 0.469. The fourth-order valence-corrected chi connectivity index (χ4v) is 3.91. The van der Waals surface area contributed by atoms with Gasteiger partial charge in [-0.3, -0.25) is 0 Å². The van der Waals surface area contributed by atoms with Crippen LogP contribution in [0.2, 0.25) is 15.1 Å². The zero-order valence-corrected chi connectivity index (χ0v) is 15.2. The highest BCUT2D eigenvalue weighted by Gasteiger charge is 2.23. The zero-order valence-electron chi connectivity index (χ0n) is 12.2. The van der Waals surface area contributed by atoms with Gasteiger partial charge >= 0.3 is 5.97 Å². The fraction of sp³-hybridized carbons (Fsp3) is 0.188. The normalized spacial score (nSPS) is 11.4. The third kappa shape index (κ3) is 3.22. The Morgan fingerprint density at radius 2 is 1.96 bits per heavy atom. The van der Waals surface area contributed by atoms with Gasteiger partial charge in [0.25, 0.3) is 0 Å². The molecule has 2 heterocycles. The number of halogens is 3. The number of carbonyl (C=O) groups excluding carboxylic acids is 1. The molecule has 0 radical (unpaired) electrons. The van der Waals surface area contributed by atoms with Crippen molar-refractivity contribution in [3.63, 3.8) is 0 Å². The van der Waals surface area contributed by atoms with Crippen LogP contribution in [0.3, 0.4) is 0 Å². The second kappa shape index (κ2) is 6.36. The Morgan fingerprint density at radius 1 is 1.22 bits per heavy atom. The molecule has 0 unspecified atom stereocenters. The second-order valence-corrected chi connectivity index (χ2v) is 7.40. The maximum Gasteiger partial charge on any atom is 0.350 e. The fourth-order valence-electron chi connectivity index (χ4n) is 2.08. The number of hydrogen-bond donors (Lipinski definition) is 0. The summed E-state index contributed by atoms with van der Waals surface area (Å²) in [6, 6.07) is 6.94. The Bertz CT molecular complexity index is 895. The third-order valence-electron chi connectivity index (χ3n) is 3.03. The van der Waals surface area contributed by atoms with E-state index in [0.717, 1.165) is 4.70 Å². The van der Waals surface area contributed by atoms with Gasteiger partial charge in [0, 0.05) is 16.7 Å². The number of hydrogen-bond acceptors (Lipinski definition) is 4. The summed E-state index contributed by atoms with van der Waals surface area (Å²) < 4.78 is 11.7. The Morgan fingerprint density at radius 3 is 2.57 bits per heavy atom. The molecule has 0 aliphatic rings. The van der Waals surface area contributed by atoms with Crippen LogP contribution in [0, 0.1) is 0 Å². The molecular weight excluding hydrogens is 379 g/mol. The summed E-state index contributed by atoms with van der Waals surface area (Å²) in [5.74, 6) is 0.117. The molecular formula is C16H11Cl3O3S. The van der Waals surface area contributed by atoms with Crippen LogP contribution in [0.25, 0.3) is 21.6 Å². The molecule has 0 aliphatic heterocycles. The van der Waals surface area contributed by atoms with Crippen LogP contribution in [0.5, 0.6) is 0 Å². The van der Waals surface area contributed by atoms with Crippen LogP contribution < -0.4 is 0 Å². The Hall–Kier alpha value is -1.20. The SMILES string of the molecule is CC(C)OC(=O)c1sc2cc(-c3ccc(Cl)cc3Cl)oc2c1Cl. The van der Waals surface area contributed by atoms with Crippen molar-refractivity contribution in [3.8, 4) is 11.3 Å². The lowest BCUT2D eigenvalue weighted by molar-refractivity contribution is 0.0384. The molecule has 0 spiro atoms. The summed E-state index contributed by atoms with van der Waals surface area (Å²) in [6.07, 6.45) is -0.213. The molecule has 0 atom stereocenters. The van der Waals surface area contributed by atoms with Crippen molar-refractivity contribution in [2.24, 2.45) is 0 Å². The van der Waals surface area contributed by atoms with E-state index in [-0.39, 0.29) is 11.1 Å². The van der Waals surface area contributed by atoms with Crippen molar-refractivity contribution in [2.75, 3.05) is 0 Å². The average molecular weight is 390 g/mol. The summed E-state index contributed by atoms with van der Waals surface area (Å²) in [5.41, 5.74) is 1.16. The smallest absolute Gasteiger partial charge is 0.350 e. The molecule has 0 amide bonds. The van der Waals surface area contributed by atoms with E-state index in [1.165, 1.54) is 11.3 Å². The molecule has 7 heteroatoms.